The molecule has 1 fully saturated rings. The van der Waals surface area contributed by atoms with Gasteiger partial charge in [-0.1, -0.05) is 13.8 Å². The summed E-state index contributed by atoms with van der Waals surface area (Å²) in [6.45, 7) is 4.30. The smallest absolute Gasteiger partial charge is 0.314 e. The molecule has 0 bridgehead atoms. The molecule has 1 aromatic carbocycles. The van der Waals surface area contributed by atoms with Gasteiger partial charge in [0.1, 0.15) is 16.9 Å². The number of aliphatic carboxylic acids is 1. The number of rotatable bonds is 7. The number of carbonyl (C=O) groups is 2. The molecule has 0 saturated carbocycles. The SMILES string of the molecule is COc1cc(OC)cc(C(=O)N2CC[C@H](O)[C@](CCC(C)C)(C(=O)O)C2)c1. The van der Waals surface area contributed by atoms with Crippen molar-refractivity contribution in [3.8, 4) is 11.5 Å². The van der Waals surface area contributed by atoms with Crippen molar-refractivity contribution in [2.75, 3.05) is 27.3 Å². The summed E-state index contributed by atoms with van der Waals surface area (Å²) in [5, 5.41) is 20.3. The maximum Gasteiger partial charge on any atom is 0.314 e. The van der Waals surface area contributed by atoms with Crippen LogP contribution in [-0.4, -0.2) is 60.4 Å². The van der Waals surface area contributed by atoms with E-state index in [9.17, 15) is 19.8 Å². The molecule has 2 N–H and O–H groups in total. The molecule has 7 nitrogen and oxygen atoms in total. The number of hydrogen-bond acceptors (Lipinski definition) is 5. The Morgan fingerprint density at radius 3 is 2.30 bits per heavy atom. The van der Waals surface area contributed by atoms with Crippen LogP contribution in [0.1, 0.15) is 43.5 Å². The number of aliphatic hydroxyl groups excluding tert-OH is 1. The number of methoxy groups -OCH3 is 2. The minimum Gasteiger partial charge on any atom is -0.497 e. The van der Waals surface area contributed by atoms with Gasteiger partial charge in [-0.05, 0) is 37.3 Å². The summed E-state index contributed by atoms with van der Waals surface area (Å²) in [4.78, 5) is 26.6. The van der Waals surface area contributed by atoms with Crippen LogP contribution in [-0.2, 0) is 4.79 Å². The lowest BCUT2D eigenvalue weighted by Gasteiger charge is -2.43. The number of carboxylic acid groups (broad SMARTS) is 1. The Morgan fingerprint density at radius 1 is 1.22 bits per heavy atom. The van der Waals surface area contributed by atoms with Crippen LogP contribution in [0.2, 0.25) is 0 Å². The molecule has 0 aromatic heterocycles. The van der Waals surface area contributed by atoms with Crippen molar-refractivity contribution >= 4 is 11.9 Å². The van der Waals surface area contributed by atoms with Gasteiger partial charge in [-0.15, -0.1) is 0 Å². The molecular formula is C20H29NO6. The zero-order chi connectivity index (χ0) is 20.2. The van der Waals surface area contributed by atoms with E-state index in [1.165, 1.54) is 19.1 Å². The molecule has 1 saturated heterocycles. The van der Waals surface area contributed by atoms with Crippen LogP contribution in [0.15, 0.2) is 18.2 Å². The molecule has 1 amide bonds. The van der Waals surface area contributed by atoms with E-state index in [-0.39, 0.29) is 18.9 Å². The van der Waals surface area contributed by atoms with E-state index in [4.69, 9.17) is 9.47 Å². The first-order valence-corrected chi connectivity index (χ1v) is 9.17. The monoisotopic (exact) mass is 379 g/mol. The first kappa shape index (κ1) is 21.0. The summed E-state index contributed by atoms with van der Waals surface area (Å²) in [5.74, 6) is -0.0779. The first-order valence-electron chi connectivity index (χ1n) is 9.17. The quantitative estimate of drug-likeness (QED) is 0.755. The van der Waals surface area contributed by atoms with Crippen LogP contribution in [0.25, 0.3) is 0 Å². The minimum absolute atomic E-state index is 0.0193. The molecule has 1 aliphatic heterocycles. The molecule has 150 valence electrons. The Kier molecular flexibility index (Phi) is 6.70. The number of aliphatic hydroxyl groups is 1. The van der Waals surface area contributed by atoms with E-state index in [0.717, 1.165) is 0 Å². The van der Waals surface area contributed by atoms with Gasteiger partial charge in [0.05, 0.1) is 20.3 Å². The highest BCUT2D eigenvalue weighted by atomic mass is 16.5. The Morgan fingerprint density at radius 2 is 1.81 bits per heavy atom. The van der Waals surface area contributed by atoms with Crippen molar-refractivity contribution in [1.29, 1.82) is 0 Å². The average molecular weight is 379 g/mol. The van der Waals surface area contributed by atoms with Crippen molar-refractivity contribution in [2.45, 2.75) is 39.2 Å². The second-order valence-electron chi connectivity index (χ2n) is 7.53. The molecule has 0 unspecified atom stereocenters. The second-order valence-corrected chi connectivity index (χ2v) is 7.53. The topological polar surface area (TPSA) is 96.3 Å². The lowest BCUT2D eigenvalue weighted by Crippen LogP contribution is -2.57. The standard InChI is InChI=1S/C20H29NO6/c1-13(2)5-7-20(19(24)25)12-21(8-6-17(20)22)18(23)14-9-15(26-3)11-16(10-14)27-4/h9-11,13,17,22H,5-8,12H2,1-4H3,(H,24,25)/t17-,20+/m0/s1. The number of nitrogens with zero attached hydrogens (tertiary/aromatic N) is 1. The van der Waals surface area contributed by atoms with Gasteiger partial charge < -0.3 is 24.6 Å². The number of benzene rings is 1. The van der Waals surface area contributed by atoms with Crippen molar-refractivity contribution in [3.05, 3.63) is 23.8 Å². The molecule has 0 aliphatic carbocycles. The number of carbonyl (C=O) groups excluding carboxylic acids is 1. The van der Waals surface area contributed by atoms with Crippen LogP contribution in [0.3, 0.4) is 0 Å². The lowest BCUT2D eigenvalue weighted by atomic mass is 9.72. The molecule has 0 radical (unpaired) electrons. The van der Waals surface area contributed by atoms with Crippen molar-refractivity contribution < 1.29 is 29.3 Å². The number of hydrogen-bond donors (Lipinski definition) is 2. The number of amides is 1. The Labute approximate surface area is 159 Å². The molecule has 2 rings (SSSR count). The van der Waals surface area contributed by atoms with Crippen molar-refractivity contribution in [2.24, 2.45) is 11.3 Å². The zero-order valence-corrected chi connectivity index (χ0v) is 16.4. The number of carboxylic acids is 1. The van der Waals surface area contributed by atoms with Crippen molar-refractivity contribution in [1.82, 2.24) is 4.90 Å². The van der Waals surface area contributed by atoms with Gasteiger partial charge in [-0.2, -0.15) is 0 Å². The van der Waals surface area contributed by atoms with Crippen LogP contribution < -0.4 is 9.47 Å². The molecular weight excluding hydrogens is 350 g/mol. The summed E-state index contributed by atoms with van der Waals surface area (Å²) in [5.41, 5.74) is -0.980. The number of likely N-dealkylation sites (tertiary alicyclic amines) is 1. The first-order chi connectivity index (χ1) is 12.7. The molecule has 1 aromatic rings. The van der Waals surface area contributed by atoms with E-state index in [2.05, 4.69) is 0 Å². The fraction of sp³-hybridized carbons (Fsp3) is 0.600. The summed E-state index contributed by atoms with van der Waals surface area (Å²) in [6.07, 6.45) is 0.250. The highest BCUT2D eigenvalue weighted by molar-refractivity contribution is 5.95. The average Bonchev–Trinajstić information content (AvgIpc) is 2.66. The summed E-state index contributed by atoms with van der Waals surface area (Å²) in [7, 11) is 3.00. The van der Waals surface area contributed by atoms with Gasteiger partial charge in [-0.25, -0.2) is 0 Å². The van der Waals surface area contributed by atoms with Crippen LogP contribution in [0.4, 0.5) is 0 Å². The molecule has 1 heterocycles. The summed E-state index contributed by atoms with van der Waals surface area (Å²) < 4.78 is 10.4. The van der Waals surface area contributed by atoms with E-state index in [0.29, 0.717) is 42.4 Å². The van der Waals surface area contributed by atoms with Gasteiger partial charge in [0, 0.05) is 24.7 Å². The fourth-order valence-corrected chi connectivity index (χ4v) is 3.48. The van der Waals surface area contributed by atoms with Gasteiger partial charge in [0.15, 0.2) is 0 Å². The van der Waals surface area contributed by atoms with Crippen molar-refractivity contribution in [3.63, 3.8) is 0 Å². The predicted molar refractivity (Wildman–Crippen MR) is 100 cm³/mol. The Bertz CT molecular complexity index is 667. The Balaban J connectivity index is 2.30. The lowest BCUT2D eigenvalue weighted by molar-refractivity contribution is -0.163. The Hall–Kier alpha value is -2.28. The number of piperidine rings is 1. The van der Waals surface area contributed by atoms with Crippen LogP contribution in [0.5, 0.6) is 11.5 Å². The van der Waals surface area contributed by atoms with Gasteiger partial charge in [-0.3, -0.25) is 9.59 Å². The summed E-state index contributed by atoms with van der Waals surface area (Å²) >= 11 is 0. The normalized spacial score (nSPS) is 22.6. The van der Waals surface area contributed by atoms with Gasteiger partial charge in [0.2, 0.25) is 0 Å². The van der Waals surface area contributed by atoms with Crippen LogP contribution >= 0.6 is 0 Å². The van der Waals surface area contributed by atoms with Gasteiger partial charge >= 0.3 is 5.97 Å². The molecule has 0 spiro atoms. The number of ether oxygens (including phenoxy) is 2. The molecule has 1 aliphatic rings. The second kappa shape index (κ2) is 8.61. The van der Waals surface area contributed by atoms with E-state index in [1.807, 2.05) is 13.8 Å². The van der Waals surface area contributed by atoms with E-state index in [1.54, 1.807) is 18.2 Å². The minimum atomic E-state index is -1.35. The summed E-state index contributed by atoms with van der Waals surface area (Å²) in [6, 6.07) is 4.87. The third kappa shape index (κ3) is 4.53. The zero-order valence-electron chi connectivity index (χ0n) is 16.4. The highest BCUT2D eigenvalue weighted by Crippen LogP contribution is 2.37. The molecule has 27 heavy (non-hydrogen) atoms. The fourth-order valence-electron chi connectivity index (χ4n) is 3.48. The van der Waals surface area contributed by atoms with Gasteiger partial charge in [0.25, 0.3) is 5.91 Å². The third-order valence-electron chi connectivity index (χ3n) is 5.26. The van der Waals surface area contributed by atoms with E-state index >= 15 is 0 Å². The maximum atomic E-state index is 13.0. The molecule has 7 heteroatoms. The highest BCUT2D eigenvalue weighted by Gasteiger charge is 2.49. The van der Waals surface area contributed by atoms with E-state index < -0.39 is 17.5 Å². The maximum absolute atomic E-state index is 13.0. The third-order valence-corrected chi connectivity index (χ3v) is 5.26. The predicted octanol–water partition coefficient (Wildman–Crippen LogP) is 2.42. The largest absolute Gasteiger partial charge is 0.497 e. The molecule has 2 atom stereocenters. The van der Waals surface area contributed by atoms with Crippen LogP contribution in [0, 0.1) is 11.3 Å².